The van der Waals surface area contributed by atoms with E-state index in [-0.39, 0.29) is 5.41 Å². The molecule has 1 rings (SSSR count). The van der Waals surface area contributed by atoms with E-state index in [1.165, 1.54) is 0 Å². The van der Waals surface area contributed by atoms with Crippen molar-refractivity contribution < 1.29 is 14.7 Å². The van der Waals surface area contributed by atoms with Crippen LogP contribution in [0.1, 0.15) is 27.2 Å². The van der Waals surface area contributed by atoms with E-state index in [1.807, 2.05) is 26.0 Å². The Morgan fingerprint density at radius 2 is 1.85 bits per heavy atom. The predicted octanol–water partition coefficient (Wildman–Crippen LogP) is 1.63. The molecule has 0 saturated heterocycles. The zero-order chi connectivity index (χ0) is 10.3. The summed E-state index contributed by atoms with van der Waals surface area (Å²) in [5.74, 6) is -2.03. The summed E-state index contributed by atoms with van der Waals surface area (Å²) < 4.78 is 0. The molecule has 0 unspecified atom stereocenters. The molecule has 0 radical (unpaired) electrons. The number of hydrogen-bond acceptors (Lipinski definition) is 2. The number of allylic oxidation sites excluding steroid dienone is 2. The van der Waals surface area contributed by atoms with Gasteiger partial charge in [-0.3, -0.25) is 4.79 Å². The Labute approximate surface area is 77.4 Å². The summed E-state index contributed by atoms with van der Waals surface area (Å²) in [5.41, 5.74) is -1.14. The molecule has 0 fully saturated rings. The fraction of sp³-hybridized carbons (Fsp3) is 0.600. The lowest BCUT2D eigenvalue weighted by Crippen LogP contribution is -2.41. The number of carboxylic acid groups (broad SMARTS) is 1. The van der Waals surface area contributed by atoms with Gasteiger partial charge in [0.15, 0.2) is 0 Å². The number of ketones is 1. The van der Waals surface area contributed by atoms with E-state index < -0.39 is 17.2 Å². The lowest BCUT2D eigenvalue weighted by atomic mass is 9.66. The first-order chi connectivity index (χ1) is 5.81. The van der Waals surface area contributed by atoms with Gasteiger partial charge >= 0.3 is 5.97 Å². The van der Waals surface area contributed by atoms with E-state index in [0.717, 1.165) is 0 Å². The molecule has 72 valence electrons. The van der Waals surface area contributed by atoms with Gasteiger partial charge in [-0.1, -0.05) is 32.9 Å². The molecule has 1 aliphatic rings. The number of carbonyl (C=O) groups excluding carboxylic acids is 1. The van der Waals surface area contributed by atoms with Gasteiger partial charge < -0.3 is 5.11 Å². The minimum Gasteiger partial charge on any atom is -0.475 e. The normalized spacial score (nSPS) is 30.4. The van der Waals surface area contributed by atoms with Crippen LogP contribution in [0.5, 0.6) is 0 Å². The SMILES string of the molecule is CC1(C)C=CC[C@@]1(C)C(=O)C(=O)O. The van der Waals surface area contributed by atoms with E-state index in [9.17, 15) is 9.59 Å². The second kappa shape index (κ2) is 2.69. The number of rotatable bonds is 2. The standard InChI is InChI=1S/C10H14O3/c1-9(2)5-4-6-10(9,3)7(11)8(12)13/h4-5H,6H2,1-3H3,(H,12,13)/t10-/m0/s1. The van der Waals surface area contributed by atoms with Crippen molar-refractivity contribution in [2.24, 2.45) is 10.8 Å². The van der Waals surface area contributed by atoms with Crippen molar-refractivity contribution in [3.05, 3.63) is 12.2 Å². The maximum absolute atomic E-state index is 11.4. The van der Waals surface area contributed by atoms with Gasteiger partial charge in [0.05, 0.1) is 0 Å². The molecule has 3 heteroatoms. The lowest BCUT2D eigenvalue weighted by Gasteiger charge is -2.34. The highest BCUT2D eigenvalue weighted by atomic mass is 16.4. The monoisotopic (exact) mass is 182 g/mol. The highest BCUT2D eigenvalue weighted by Crippen LogP contribution is 2.48. The van der Waals surface area contributed by atoms with Crippen LogP contribution in [0.2, 0.25) is 0 Å². The minimum absolute atomic E-state index is 0.359. The second-order valence-corrected chi connectivity index (χ2v) is 4.29. The molecular formula is C10H14O3. The Hall–Kier alpha value is -1.12. The predicted molar refractivity (Wildman–Crippen MR) is 48.3 cm³/mol. The average Bonchev–Trinajstić information content (AvgIpc) is 2.26. The molecule has 1 atom stereocenters. The van der Waals surface area contributed by atoms with Crippen molar-refractivity contribution in [2.75, 3.05) is 0 Å². The van der Waals surface area contributed by atoms with Crippen molar-refractivity contribution in [2.45, 2.75) is 27.2 Å². The molecule has 0 aromatic rings. The van der Waals surface area contributed by atoms with Crippen LogP contribution in [0.25, 0.3) is 0 Å². The van der Waals surface area contributed by atoms with Gasteiger partial charge in [0.1, 0.15) is 0 Å². The van der Waals surface area contributed by atoms with Crippen molar-refractivity contribution in [3.8, 4) is 0 Å². The van der Waals surface area contributed by atoms with Gasteiger partial charge in [0, 0.05) is 5.41 Å². The molecule has 0 aliphatic heterocycles. The van der Waals surface area contributed by atoms with Crippen LogP contribution in [0.3, 0.4) is 0 Å². The summed E-state index contributed by atoms with van der Waals surface area (Å²) >= 11 is 0. The minimum atomic E-state index is -1.33. The third-order valence-corrected chi connectivity index (χ3v) is 3.18. The Morgan fingerprint density at radius 3 is 2.15 bits per heavy atom. The molecular weight excluding hydrogens is 168 g/mol. The van der Waals surface area contributed by atoms with Crippen LogP contribution in [0.4, 0.5) is 0 Å². The lowest BCUT2D eigenvalue weighted by molar-refractivity contribution is -0.156. The third kappa shape index (κ3) is 1.28. The summed E-state index contributed by atoms with van der Waals surface area (Å²) in [5, 5.41) is 8.66. The molecule has 13 heavy (non-hydrogen) atoms. The maximum Gasteiger partial charge on any atom is 0.372 e. The van der Waals surface area contributed by atoms with Gasteiger partial charge in [-0.15, -0.1) is 0 Å². The zero-order valence-corrected chi connectivity index (χ0v) is 8.13. The van der Waals surface area contributed by atoms with Crippen molar-refractivity contribution in [1.82, 2.24) is 0 Å². The van der Waals surface area contributed by atoms with Gasteiger partial charge in [0.2, 0.25) is 5.78 Å². The number of Topliss-reactive ketones (excluding diaryl/α,β-unsaturated/α-hetero) is 1. The fourth-order valence-electron chi connectivity index (χ4n) is 1.66. The summed E-state index contributed by atoms with van der Waals surface area (Å²) in [7, 11) is 0. The molecule has 3 nitrogen and oxygen atoms in total. The molecule has 0 aromatic carbocycles. The molecule has 1 aliphatic carbocycles. The first-order valence-corrected chi connectivity index (χ1v) is 4.27. The van der Waals surface area contributed by atoms with E-state index in [1.54, 1.807) is 6.92 Å². The quantitative estimate of drug-likeness (QED) is 0.521. The highest BCUT2D eigenvalue weighted by molar-refractivity contribution is 6.35. The van der Waals surface area contributed by atoms with Gasteiger partial charge in [0.25, 0.3) is 0 Å². The summed E-state index contributed by atoms with van der Waals surface area (Å²) in [4.78, 5) is 22.0. The van der Waals surface area contributed by atoms with Gasteiger partial charge in [-0.25, -0.2) is 4.79 Å². The van der Waals surface area contributed by atoms with Gasteiger partial charge in [-0.05, 0) is 11.8 Å². The number of aliphatic carboxylic acids is 1. The summed E-state index contributed by atoms with van der Waals surface area (Å²) in [6.07, 6.45) is 4.31. The van der Waals surface area contributed by atoms with Crippen LogP contribution < -0.4 is 0 Å². The second-order valence-electron chi connectivity index (χ2n) is 4.29. The van der Waals surface area contributed by atoms with Crippen molar-refractivity contribution in [1.29, 1.82) is 0 Å². The Balaban J connectivity index is 3.03. The van der Waals surface area contributed by atoms with E-state index in [4.69, 9.17) is 5.11 Å². The molecule has 0 spiro atoms. The average molecular weight is 182 g/mol. The molecule has 0 bridgehead atoms. The van der Waals surface area contributed by atoms with Crippen LogP contribution in [-0.2, 0) is 9.59 Å². The first kappa shape index (κ1) is 9.96. The maximum atomic E-state index is 11.4. The largest absolute Gasteiger partial charge is 0.475 e. The fourth-order valence-corrected chi connectivity index (χ4v) is 1.66. The van der Waals surface area contributed by atoms with Crippen LogP contribution >= 0.6 is 0 Å². The number of hydrogen-bond donors (Lipinski definition) is 1. The summed E-state index contributed by atoms with van der Waals surface area (Å²) in [6.45, 7) is 5.48. The Kier molecular flexibility index (Phi) is 2.06. The van der Waals surface area contributed by atoms with Crippen molar-refractivity contribution >= 4 is 11.8 Å². The Bertz CT molecular complexity index is 289. The number of carboxylic acids is 1. The van der Waals surface area contributed by atoms with E-state index in [2.05, 4.69) is 0 Å². The molecule has 1 N–H and O–H groups in total. The van der Waals surface area contributed by atoms with Crippen molar-refractivity contribution in [3.63, 3.8) is 0 Å². The molecule has 0 aromatic heterocycles. The van der Waals surface area contributed by atoms with Crippen LogP contribution in [0.15, 0.2) is 12.2 Å². The van der Waals surface area contributed by atoms with E-state index >= 15 is 0 Å². The van der Waals surface area contributed by atoms with Crippen LogP contribution in [-0.4, -0.2) is 16.9 Å². The van der Waals surface area contributed by atoms with Gasteiger partial charge in [-0.2, -0.15) is 0 Å². The summed E-state index contributed by atoms with van der Waals surface area (Å²) in [6, 6.07) is 0. The highest BCUT2D eigenvalue weighted by Gasteiger charge is 2.49. The molecule has 0 heterocycles. The Morgan fingerprint density at radius 1 is 1.31 bits per heavy atom. The first-order valence-electron chi connectivity index (χ1n) is 4.27. The molecule has 0 amide bonds. The van der Waals surface area contributed by atoms with E-state index in [0.29, 0.717) is 6.42 Å². The number of carbonyl (C=O) groups is 2. The third-order valence-electron chi connectivity index (χ3n) is 3.18. The zero-order valence-electron chi connectivity index (χ0n) is 8.13. The van der Waals surface area contributed by atoms with Crippen LogP contribution in [0, 0.1) is 10.8 Å². The molecule has 0 saturated carbocycles. The topological polar surface area (TPSA) is 54.4 Å². The smallest absolute Gasteiger partial charge is 0.372 e.